The average Bonchev–Trinajstić information content (AvgIpc) is 2.63. The first-order valence-corrected chi connectivity index (χ1v) is 6.15. The third kappa shape index (κ3) is 1.58. The molecule has 0 atom stereocenters. The molecule has 1 aliphatic heterocycles. The van der Waals surface area contributed by atoms with Crippen molar-refractivity contribution in [1.29, 1.82) is 0 Å². The van der Waals surface area contributed by atoms with E-state index in [4.69, 9.17) is 0 Å². The summed E-state index contributed by atoms with van der Waals surface area (Å²) in [6.07, 6.45) is 0. The third-order valence-electron chi connectivity index (χ3n) is 3.62. The first-order chi connectivity index (χ1) is 9.11. The number of benzene rings is 2. The number of nitrogens with zero attached hydrogens (tertiary/aromatic N) is 1. The fraction of sp³-hybridized carbons (Fsp3) is 0.125. The Bertz CT molecular complexity index is 714. The van der Waals surface area contributed by atoms with Crippen molar-refractivity contribution in [3.8, 4) is 0 Å². The Labute approximate surface area is 111 Å². The van der Waals surface area contributed by atoms with Crippen molar-refractivity contribution in [2.75, 3.05) is 4.90 Å². The molecule has 3 nitrogen and oxygen atoms in total. The number of carbonyl (C=O) groups is 2. The fourth-order valence-electron chi connectivity index (χ4n) is 2.37. The lowest BCUT2D eigenvalue weighted by Crippen LogP contribution is -2.31. The Morgan fingerprint density at radius 2 is 1.37 bits per heavy atom. The number of rotatable bonds is 1. The third-order valence-corrected chi connectivity index (χ3v) is 3.62. The number of hydrogen-bond donors (Lipinski definition) is 0. The number of anilines is 1. The fourth-order valence-corrected chi connectivity index (χ4v) is 2.37. The van der Waals surface area contributed by atoms with Crippen LogP contribution in [0.1, 0.15) is 13.8 Å². The molecule has 1 heterocycles. The van der Waals surface area contributed by atoms with Gasteiger partial charge in [0.2, 0.25) is 0 Å². The highest BCUT2D eigenvalue weighted by atomic mass is 16.2. The molecule has 1 aliphatic rings. The van der Waals surface area contributed by atoms with Crippen molar-refractivity contribution in [1.82, 2.24) is 0 Å². The van der Waals surface area contributed by atoms with E-state index in [9.17, 15) is 9.59 Å². The molecule has 0 N–H and O–H groups in total. The molecule has 19 heavy (non-hydrogen) atoms. The molecule has 0 saturated carbocycles. The van der Waals surface area contributed by atoms with Gasteiger partial charge in [0.05, 0.1) is 5.69 Å². The molecule has 0 radical (unpaired) electrons. The Hall–Kier alpha value is -2.42. The van der Waals surface area contributed by atoms with Gasteiger partial charge in [0.1, 0.15) is 0 Å². The lowest BCUT2D eigenvalue weighted by Gasteiger charge is -2.17. The molecule has 0 fully saturated rings. The van der Waals surface area contributed by atoms with Crippen LogP contribution in [0.3, 0.4) is 0 Å². The van der Waals surface area contributed by atoms with Crippen LogP contribution in [0.2, 0.25) is 0 Å². The van der Waals surface area contributed by atoms with Crippen molar-refractivity contribution in [3.63, 3.8) is 0 Å². The lowest BCUT2D eigenvalue weighted by molar-refractivity contribution is -0.120. The standard InChI is InChI=1S/C16H13NO2/c1-10-11(2)16(19)17(15(10)18)14-9-5-7-12-6-3-4-8-13(12)14/h3-9H,1-2H3. The van der Waals surface area contributed by atoms with Crippen molar-refractivity contribution in [2.45, 2.75) is 13.8 Å². The van der Waals surface area contributed by atoms with Gasteiger partial charge >= 0.3 is 0 Å². The van der Waals surface area contributed by atoms with E-state index < -0.39 is 0 Å². The molecule has 2 aromatic rings. The molecule has 3 heteroatoms. The maximum absolute atomic E-state index is 12.2. The van der Waals surface area contributed by atoms with Crippen LogP contribution in [0, 0.1) is 0 Å². The minimum Gasteiger partial charge on any atom is -0.269 e. The van der Waals surface area contributed by atoms with E-state index in [1.165, 1.54) is 4.90 Å². The largest absolute Gasteiger partial charge is 0.269 e. The second-order valence-electron chi connectivity index (χ2n) is 4.69. The SMILES string of the molecule is CC1=C(C)C(=O)N(c2cccc3ccccc23)C1=O. The van der Waals surface area contributed by atoms with Gasteiger partial charge in [0, 0.05) is 16.5 Å². The van der Waals surface area contributed by atoms with E-state index in [0.29, 0.717) is 16.8 Å². The summed E-state index contributed by atoms with van der Waals surface area (Å²) in [6.45, 7) is 3.39. The zero-order valence-electron chi connectivity index (χ0n) is 10.8. The van der Waals surface area contributed by atoms with Crippen LogP contribution < -0.4 is 4.90 Å². The van der Waals surface area contributed by atoms with Crippen LogP contribution in [0.4, 0.5) is 5.69 Å². The van der Waals surface area contributed by atoms with Crippen LogP contribution in [-0.2, 0) is 9.59 Å². The maximum atomic E-state index is 12.2. The normalized spacial score (nSPS) is 15.8. The molecular weight excluding hydrogens is 238 g/mol. The van der Waals surface area contributed by atoms with Crippen molar-refractivity contribution >= 4 is 28.3 Å². The van der Waals surface area contributed by atoms with Gasteiger partial charge in [-0.2, -0.15) is 0 Å². The van der Waals surface area contributed by atoms with Gasteiger partial charge in [-0.15, -0.1) is 0 Å². The molecule has 0 spiro atoms. The first kappa shape index (κ1) is 11.7. The number of amides is 2. The van der Waals surface area contributed by atoms with Crippen LogP contribution in [0.5, 0.6) is 0 Å². The second kappa shape index (κ2) is 4.05. The van der Waals surface area contributed by atoms with Crippen LogP contribution in [0.25, 0.3) is 10.8 Å². The first-order valence-electron chi connectivity index (χ1n) is 6.15. The summed E-state index contributed by atoms with van der Waals surface area (Å²) in [4.78, 5) is 25.7. The molecule has 0 bridgehead atoms. The number of fused-ring (bicyclic) bond motifs is 1. The highest BCUT2D eigenvalue weighted by Gasteiger charge is 2.35. The molecular formula is C16H13NO2. The summed E-state index contributed by atoms with van der Waals surface area (Å²) in [7, 11) is 0. The topological polar surface area (TPSA) is 37.4 Å². The van der Waals surface area contributed by atoms with E-state index in [0.717, 1.165) is 10.8 Å². The maximum Gasteiger partial charge on any atom is 0.261 e. The Balaban J connectivity index is 2.22. The minimum atomic E-state index is -0.223. The Morgan fingerprint density at radius 1 is 0.789 bits per heavy atom. The van der Waals surface area contributed by atoms with E-state index >= 15 is 0 Å². The lowest BCUT2D eigenvalue weighted by atomic mass is 10.1. The highest BCUT2D eigenvalue weighted by molar-refractivity contribution is 6.34. The Morgan fingerprint density at radius 3 is 2.05 bits per heavy atom. The number of imide groups is 1. The van der Waals surface area contributed by atoms with Crippen molar-refractivity contribution < 1.29 is 9.59 Å². The summed E-state index contributed by atoms with van der Waals surface area (Å²) in [5.41, 5.74) is 1.71. The predicted octanol–water partition coefficient (Wildman–Crippen LogP) is 3.05. The zero-order valence-corrected chi connectivity index (χ0v) is 10.8. The zero-order chi connectivity index (χ0) is 13.6. The molecule has 2 aromatic carbocycles. The molecule has 94 valence electrons. The summed E-state index contributed by atoms with van der Waals surface area (Å²) in [5, 5.41) is 1.93. The van der Waals surface area contributed by atoms with Gasteiger partial charge in [0.15, 0.2) is 0 Å². The quantitative estimate of drug-likeness (QED) is 0.730. The van der Waals surface area contributed by atoms with E-state index in [1.807, 2.05) is 42.5 Å². The van der Waals surface area contributed by atoms with E-state index in [-0.39, 0.29) is 11.8 Å². The van der Waals surface area contributed by atoms with Gasteiger partial charge in [0.25, 0.3) is 11.8 Å². The molecule has 3 rings (SSSR count). The molecule has 0 aliphatic carbocycles. The van der Waals surface area contributed by atoms with Crippen molar-refractivity contribution in [2.24, 2.45) is 0 Å². The molecule has 0 unspecified atom stereocenters. The smallest absolute Gasteiger partial charge is 0.261 e. The van der Waals surface area contributed by atoms with Crippen LogP contribution >= 0.6 is 0 Å². The van der Waals surface area contributed by atoms with Crippen LogP contribution in [0.15, 0.2) is 53.6 Å². The van der Waals surface area contributed by atoms with Gasteiger partial charge in [-0.05, 0) is 25.3 Å². The monoisotopic (exact) mass is 251 g/mol. The van der Waals surface area contributed by atoms with Gasteiger partial charge in [-0.25, -0.2) is 4.90 Å². The summed E-state index contributed by atoms with van der Waals surface area (Å²) in [5.74, 6) is -0.447. The molecule has 0 aromatic heterocycles. The second-order valence-corrected chi connectivity index (χ2v) is 4.69. The van der Waals surface area contributed by atoms with Crippen molar-refractivity contribution in [3.05, 3.63) is 53.6 Å². The summed E-state index contributed by atoms with van der Waals surface area (Å²) >= 11 is 0. The minimum absolute atomic E-state index is 0.223. The van der Waals surface area contributed by atoms with Gasteiger partial charge in [-0.1, -0.05) is 36.4 Å². The molecule has 0 saturated heterocycles. The Kier molecular flexibility index (Phi) is 2.49. The van der Waals surface area contributed by atoms with E-state index in [2.05, 4.69) is 0 Å². The average molecular weight is 251 g/mol. The number of hydrogen-bond acceptors (Lipinski definition) is 2. The number of carbonyl (C=O) groups excluding carboxylic acids is 2. The van der Waals surface area contributed by atoms with Gasteiger partial charge in [-0.3, -0.25) is 9.59 Å². The highest BCUT2D eigenvalue weighted by Crippen LogP contribution is 2.32. The van der Waals surface area contributed by atoms with Gasteiger partial charge < -0.3 is 0 Å². The van der Waals surface area contributed by atoms with Crippen LogP contribution in [-0.4, -0.2) is 11.8 Å². The predicted molar refractivity (Wildman–Crippen MR) is 74.8 cm³/mol. The summed E-state index contributed by atoms with van der Waals surface area (Å²) < 4.78 is 0. The summed E-state index contributed by atoms with van der Waals surface area (Å²) in [6, 6.07) is 13.4. The van der Waals surface area contributed by atoms with E-state index in [1.54, 1.807) is 13.8 Å². The molecule has 2 amide bonds.